The highest BCUT2D eigenvalue weighted by atomic mass is 32.1. The summed E-state index contributed by atoms with van der Waals surface area (Å²) in [6, 6.07) is 0.413. The maximum atomic E-state index is 11.9. The van der Waals surface area contributed by atoms with E-state index in [-0.39, 0.29) is 0 Å². The number of hydrogen-bond acceptors (Lipinski definition) is 7. The number of anilines is 1. The first-order valence-electron chi connectivity index (χ1n) is 7.41. The van der Waals surface area contributed by atoms with Gasteiger partial charge in [-0.15, -0.1) is 4.37 Å². The Morgan fingerprint density at radius 3 is 2.86 bits per heavy atom. The molecule has 1 saturated heterocycles. The van der Waals surface area contributed by atoms with Gasteiger partial charge in [-0.25, -0.2) is 4.79 Å². The molecular weight excluding hydrogens is 290 g/mol. The summed E-state index contributed by atoms with van der Waals surface area (Å²) in [6.07, 6.45) is 3.51. The van der Waals surface area contributed by atoms with Crippen molar-refractivity contribution in [2.24, 2.45) is 0 Å². The van der Waals surface area contributed by atoms with Crippen LogP contribution in [0, 0.1) is 0 Å². The van der Waals surface area contributed by atoms with E-state index in [9.17, 15) is 4.79 Å². The van der Waals surface area contributed by atoms with Gasteiger partial charge in [0.25, 0.3) is 5.88 Å². The minimum absolute atomic E-state index is 0.330. The van der Waals surface area contributed by atoms with Crippen molar-refractivity contribution in [2.75, 3.05) is 18.1 Å². The molecule has 1 atom stereocenters. The van der Waals surface area contributed by atoms with Gasteiger partial charge in [-0.1, -0.05) is 0 Å². The predicted molar refractivity (Wildman–Crippen MR) is 81.9 cm³/mol. The van der Waals surface area contributed by atoms with E-state index in [0.717, 1.165) is 36.9 Å². The van der Waals surface area contributed by atoms with Gasteiger partial charge in [0.15, 0.2) is 0 Å². The summed E-state index contributed by atoms with van der Waals surface area (Å²) in [5.41, 5.74) is -1.07. The van der Waals surface area contributed by atoms with Crippen LogP contribution in [-0.2, 0) is 9.53 Å². The van der Waals surface area contributed by atoms with Crippen molar-refractivity contribution in [1.82, 2.24) is 8.75 Å². The second-order valence-electron chi connectivity index (χ2n) is 5.76. The van der Waals surface area contributed by atoms with Crippen LogP contribution in [0.3, 0.4) is 0 Å². The Kier molecular flexibility index (Phi) is 5.03. The van der Waals surface area contributed by atoms with E-state index >= 15 is 0 Å². The summed E-state index contributed by atoms with van der Waals surface area (Å²) in [7, 11) is 0. The number of hydrogen-bond donors (Lipinski definition) is 0. The zero-order valence-electron chi connectivity index (χ0n) is 13.1. The molecule has 7 heteroatoms. The highest BCUT2D eigenvalue weighted by molar-refractivity contribution is 6.99. The average molecular weight is 313 g/mol. The van der Waals surface area contributed by atoms with E-state index < -0.39 is 11.6 Å². The van der Waals surface area contributed by atoms with Crippen LogP contribution in [-0.4, -0.2) is 39.5 Å². The molecule has 0 radical (unpaired) electrons. The monoisotopic (exact) mass is 313 g/mol. The topological polar surface area (TPSA) is 64.5 Å². The second kappa shape index (κ2) is 6.60. The molecule has 1 unspecified atom stereocenters. The van der Waals surface area contributed by atoms with Crippen molar-refractivity contribution in [3.05, 3.63) is 0 Å². The van der Waals surface area contributed by atoms with E-state index in [2.05, 4.69) is 20.6 Å². The van der Waals surface area contributed by atoms with E-state index in [1.54, 1.807) is 20.8 Å². The Morgan fingerprint density at radius 2 is 2.19 bits per heavy atom. The van der Waals surface area contributed by atoms with Crippen molar-refractivity contribution in [1.29, 1.82) is 0 Å². The molecule has 0 aromatic carbocycles. The zero-order valence-corrected chi connectivity index (χ0v) is 13.9. The molecule has 21 heavy (non-hydrogen) atoms. The molecule has 0 bridgehead atoms. The molecule has 1 aliphatic heterocycles. The molecular formula is C14H23N3O3S. The van der Waals surface area contributed by atoms with Crippen LogP contribution in [0.1, 0.15) is 47.0 Å². The van der Waals surface area contributed by atoms with Gasteiger partial charge in [0.2, 0.25) is 11.4 Å². The number of ether oxygens (including phenoxy) is 2. The van der Waals surface area contributed by atoms with Crippen molar-refractivity contribution in [3.8, 4) is 5.88 Å². The summed E-state index contributed by atoms with van der Waals surface area (Å²) in [5.74, 6) is 0.770. The van der Waals surface area contributed by atoms with Crippen LogP contribution in [0.2, 0.25) is 0 Å². The molecule has 118 valence electrons. The Morgan fingerprint density at radius 1 is 1.43 bits per heavy atom. The molecule has 0 aliphatic carbocycles. The normalized spacial score (nSPS) is 19.4. The molecule has 0 spiro atoms. The Bertz CT molecular complexity index is 490. The van der Waals surface area contributed by atoms with E-state index in [0.29, 0.717) is 18.5 Å². The summed E-state index contributed by atoms with van der Waals surface area (Å²) in [6.45, 7) is 8.61. The van der Waals surface area contributed by atoms with Crippen molar-refractivity contribution >= 4 is 23.5 Å². The summed E-state index contributed by atoms with van der Waals surface area (Å²) in [5, 5.41) is 0. The first-order chi connectivity index (χ1) is 9.95. The van der Waals surface area contributed by atoms with Gasteiger partial charge in [0.05, 0.1) is 18.3 Å². The van der Waals surface area contributed by atoms with Crippen LogP contribution >= 0.6 is 11.7 Å². The fraction of sp³-hybridized carbons (Fsp3) is 0.786. The Labute approximate surface area is 129 Å². The number of carbonyl (C=O) groups is 1. The molecule has 0 amide bonds. The number of aromatic nitrogens is 2. The molecule has 2 heterocycles. The third-order valence-electron chi connectivity index (χ3n) is 3.64. The average Bonchev–Trinajstić information content (AvgIpc) is 2.87. The number of nitrogens with zero attached hydrogens (tertiary/aromatic N) is 3. The van der Waals surface area contributed by atoms with Crippen molar-refractivity contribution in [3.63, 3.8) is 0 Å². The predicted octanol–water partition coefficient (Wildman–Crippen LogP) is 2.64. The number of rotatable bonds is 5. The fourth-order valence-electron chi connectivity index (χ4n) is 2.42. The summed E-state index contributed by atoms with van der Waals surface area (Å²) in [4.78, 5) is 14.1. The Hall–Kier alpha value is -1.37. The maximum absolute atomic E-state index is 11.9. The zero-order chi connectivity index (χ0) is 15.5. The molecule has 2 rings (SSSR count). The minimum Gasteiger partial charge on any atom is -0.463 e. The minimum atomic E-state index is -1.07. The summed E-state index contributed by atoms with van der Waals surface area (Å²) < 4.78 is 19.4. The van der Waals surface area contributed by atoms with Gasteiger partial charge in [-0.3, -0.25) is 0 Å². The molecule has 0 saturated carbocycles. The van der Waals surface area contributed by atoms with Gasteiger partial charge in [-0.05, 0) is 47.0 Å². The largest absolute Gasteiger partial charge is 0.463 e. The summed E-state index contributed by atoms with van der Waals surface area (Å²) >= 11 is 1.11. The number of piperidine rings is 1. The third kappa shape index (κ3) is 3.64. The quantitative estimate of drug-likeness (QED) is 0.779. The lowest BCUT2D eigenvalue weighted by molar-refractivity contribution is -0.158. The van der Waals surface area contributed by atoms with Gasteiger partial charge < -0.3 is 14.4 Å². The smallest absolute Gasteiger partial charge is 0.349 e. The lowest BCUT2D eigenvalue weighted by Crippen LogP contribution is -2.41. The first-order valence-corrected chi connectivity index (χ1v) is 8.14. The number of esters is 1. The molecule has 1 fully saturated rings. The number of carbonyl (C=O) groups excluding carboxylic acids is 1. The highest BCUT2D eigenvalue weighted by Crippen LogP contribution is 2.33. The standard InChI is InChI=1S/C14H23N3O3S/c1-5-19-13(18)14(3,4)20-12-11(15-21-16-12)17-9-7-6-8-10(17)2/h10H,5-9H2,1-4H3. The van der Waals surface area contributed by atoms with Crippen LogP contribution in [0.4, 0.5) is 5.82 Å². The lowest BCUT2D eigenvalue weighted by Gasteiger charge is -2.34. The molecule has 1 aromatic rings. The van der Waals surface area contributed by atoms with Crippen molar-refractivity contribution in [2.45, 2.75) is 58.6 Å². The molecule has 1 aromatic heterocycles. The fourth-order valence-corrected chi connectivity index (χ4v) is 2.91. The first kappa shape index (κ1) is 16.0. The van der Waals surface area contributed by atoms with Crippen molar-refractivity contribution < 1.29 is 14.3 Å². The van der Waals surface area contributed by atoms with Crippen LogP contribution in [0.25, 0.3) is 0 Å². The third-order valence-corrected chi connectivity index (χ3v) is 4.14. The molecule has 1 aliphatic rings. The second-order valence-corrected chi connectivity index (χ2v) is 6.29. The van der Waals surface area contributed by atoms with Crippen LogP contribution < -0.4 is 9.64 Å². The van der Waals surface area contributed by atoms with Gasteiger partial charge in [0, 0.05) is 12.6 Å². The molecule has 6 nitrogen and oxygen atoms in total. The van der Waals surface area contributed by atoms with Gasteiger partial charge in [-0.2, -0.15) is 4.37 Å². The SMILES string of the molecule is CCOC(=O)C(C)(C)Oc1nsnc1N1CCCCC1C. The molecule has 0 N–H and O–H groups in total. The van der Waals surface area contributed by atoms with E-state index in [1.165, 1.54) is 6.42 Å². The van der Waals surface area contributed by atoms with Gasteiger partial charge >= 0.3 is 5.97 Å². The van der Waals surface area contributed by atoms with E-state index in [1.807, 2.05) is 0 Å². The van der Waals surface area contributed by atoms with E-state index in [4.69, 9.17) is 9.47 Å². The van der Waals surface area contributed by atoms with Gasteiger partial charge in [0.1, 0.15) is 0 Å². The van der Waals surface area contributed by atoms with Crippen LogP contribution in [0.5, 0.6) is 5.88 Å². The van der Waals surface area contributed by atoms with Crippen LogP contribution in [0.15, 0.2) is 0 Å². The lowest BCUT2D eigenvalue weighted by atomic mass is 10.0. The Balaban J connectivity index is 2.15. The highest BCUT2D eigenvalue weighted by Gasteiger charge is 2.35. The maximum Gasteiger partial charge on any atom is 0.349 e.